The van der Waals surface area contributed by atoms with Crippen LogP contribution in [0, 0.1) is 6.92 Å². The van der Waals surface area contributed by atoms with Crippen LogP contribution in [0.5, 0.6) is 5.75 Å². The number of ether oxygens (including phenoxy) is 1. The number of sulfonamides is 1. The molecule has 0 saturated carbocycles. The molecule has 0 radical (unpaired) electrons. The lowest BCUT2D eigenvalue weighted by molar-refractivity contribution is -0.120. The van der Waals surface area contributed by atoms with Crippen molar-refractivity contribution in [1.82, 2.24) is 5.32 Å². The normalized spacial score (nSPS) is 12.3. The number of aryl methyl sites for hydroxylation is 1. The zero-order valence-electron chi connectivity index (χ0n) is 17.4. The van der Waals surface area contributed by atoms with Crippen molar-refractivity contribution in [3.63, 3.8) is 0 Å². The second-order valence-corrected chi connectivity index (χ2v) is 9.51. The lowest BCUT2D eigenvalue weighted by Crippen LogP contribution is -2.41. The number of rotatable bonds is 9. The van der Waals surface area contributed by atoms with Crippen LogP contribution in [0.2, 0.25) is 0 Å². The van der Waals surface area contributed by atoms with Crippen LogP contribution in [-0.2, 0) is 14.8 Å². The SMILES string of the molecule is CCC(NC(=O)CN(c1cccc(SC)c1)S(C)(=O)=O)c1ccc(OC)c(C)c1. The van der Waals surface area contributed by atoms with Crippen molar-refractivity contribution in [2.24, 2.45) is 0 Å². The van der Waals surface area contributed by atoms with Gasteiger partial charge in [0.1, 0.15) is 12.3 Å². The molecule has 1 amide bonds. The number of benzene rings is 2. The first-order chi connectivity index (χ1) is 13.7. The number of carbonyl (C=O) groups excluding carboxylic acids is 1. The fourth-order valence-electron chi connectivity index (χ4n) is 3.08. The van der Waals surface area contributed by atoms with Crippen LogP contribution in [0.4, 0.5) is 5.69 Å². The number of nitrogens with zero attached hydrogens (tertiary/aromatic N) is 1. The number of thioether (sulfide) groups is 1. The minimum absolute atomic E-state index is 0.217. The Morgan fingerprint density at radius 3 is 2.52 bits per heavy atom. The largest absolute Gasteiger partial charge is 0.496 e. The van der Waals surface area contributed by atoms with Crippen LogP contribution < -0.4 is 14.4 Å². The monoisotopic (exact) mass is 436 g/mol. The third-order valence-corrected chi connectivity index (χ3v) is 6.46. The molecule has 6 nitrogen and oxygen atoms in total. The van der Waals surface area contributed by atoms with Gasteiger partial charge in [0.05, 0.1) is 25.1 Å². The molecule has 0 fully saturated rings. The molecule has 0 bridgehead atoms. The molecule has 29 heavy (non-hydrogen) atoms. The van der Waals surface area contributed by atoms with Crippen molar-refractivity contribution in [2.75, 3.05) is 30.5 Å². The Hall–Kier alpha value is -2.19. The van der Waals surface area contributed by atoms with E-state index < -0.39 is 10.0 Å². The highest BCUT2D eigenvalue weighted by Gasteiger charge is 2.23. The summed E-state index contributed by atoms with van der Waals surface area (Å²) >= 11 is 1.51. The number of hydrogen-bond acceptors (Lipinski definition) is 5. The van der Waals surface area contributed by atoms with Crippen molar-refractivity contribution in [3.05, 3.63) is 53.6 Å². The zero-order chi connectivity index (χ0) is 21.6. The number of amides is 1. The smallest absolute Gasteiger partial charge is 0.241 e. The zero-order valence-corrected chi connectivity index (χ0v) is 19.1. The highest BCUT2D eigenvalue weighted by atomic mass is 32.2. The third kappa shape index (κ3) is 6.14. The van der Waals surface area contributed by atoms with Gasteiger partial charge >= 0.3 is 0 Å². The van der Waals surface area contributed by atoms with Crippen LogP contribution in [-0.4, -0.2) is 40.5 Å². The van der Waals surface area contributed by atoms with Gasteiger partial charge in [-0.3, -0.25) is 9.10 Å². The van der Waals surface area contributed by atoms with Crippen LogP contribution >= 0.6 is 11.8 Å². The highest BCUT2D eigenvalue weighted by Crippen LogP contribution is 2.26. The Morgan fingerprint density at radius 1 is 1.24 bits per heavy atom. The minimum Gasteiger partial charge on any atom is -0.496 e. The maximum Gasteiger partial charge on any atom is 0.241 e. The molecule has 0 saturated heterocycles. The molecule has 2 aromatic carbocycles. The summed E-state index contributed by atoms with van der Waals surface area (Å²) in [5.41, 5.74) is 2.40. The molecule has 0 aliphatic rings. The summed E-state index contributed by atoms with van der Waals surface area (Å²) in [6.07, 6.45) is 3.70. The second kappa shape index (κ2) is 10.0. The fourth-order valence-corrected chi connectivity index (χ4v) is 4.38. The van der Waals surface area contributed by atoms with Gasteiger partial charge in [-0.15, -0.1) is 11.8 Å². The molecule has 1 atom stereocenters. The fraction of sp³-hybridized carbons (Fsp3) is 0.381. The molecular formula is C21H28N2O4S2. The van der Waals surface area contributed by atoms with Crippen molar-refractivity contribution in [3.8, 4) is 5.75 Å². The summed E-state index contributed by atoms with van der Waals surface area (Å²) in [5.74, 6) is 0.428. The first-order valence-corrected chi connectivity index (χ1v) is 12.3. The number of carbonyl (C=O) groups is 1. The number of methoxy groups -OCH3 is 1. The van der Waals surface area contributed by atoms with E-state index in [-0.39, 0.29) is 18.5 Å². The summed E-state index contributed by atoms with van der Waals surface area (Å²) < 4.78 is 31.1. The lowest BCUT2D eigenvalue weighted by Gasteiger charge is -2.24. The van der Waals surface area contributed by atoms with E-state index in [4.69, 9.17) is 4.74 Å². The van der Waals surface area contributed by atoms with E-state index in [9.17, 15) is 13.2 Å². The van der Waals surface area contributed by atoms with Gasteiger partial charge in [0, 0.05) is 4.90 Å². The Bertz CT molecular complexity index is 961. The van der Waals surface area contributed by atoms with Crippen molar-refractivity contribution in [2.45, 2.75) is 31.2 Å². The van der Waals surface area contributed by atoms with Gasteiger partial charge in [-0.1, -0.05) is 25.1 Å². The van der Waals surface area contributed by atoms with E-state index in [1.807, 2.05) is 44.4 Å². The number of nitrogens with one attached hydrogen (secondary N) is 1. The van der Waals surface area contributed by atoms with Gasteiger partial charge in [0.25, 0.3) is 0 Å². The van der Waals surface area contributed by atoms with Crippen LogP contribution in [0.3, 0.4) is 0 Å². The molecule has 0 aliphatic heterocycles. The Morgan fingerprint density at radius 2 is 1.97 bits per heavy atom. The molecule has 158 valence electrons. The van der Waals surface area contributed by atoms with Crippen LogP contribution in [0.15, 0.2) is 47.4 Å². The molecule has 8 heteroatoms. The van der Waals surface area contributed by atoms with Gasteiger partial charge in [0.2, 0.25) is 15.9 Å². The Balaban J connectivity index is 2.21. The summed E-state index contributed by atoms with van der Waals surface area (Å²) in [5, 5.41) is 2.96. The van der Waals surface area contributed by atoms with E-state index in [0.717, 1.165) is 32.3 Å². The molecule has 2 rings (SSSR count). The van der Waals surface area contributed by atoms with E-state index in [1.165, 1.54) is 11.8 Å². The first kappa shape index (κ1) is 23.1. The van der Waals surface area contributed by atoms with Gasteiger partial charge in [0.15, 0.2) is 0 Å². The maximum atomic E-state index is 12.7. The number of hydrogen-bond donors (Lipinski definition) is 1. The Kier molecular flexibility index (Phi) is 7.98. The van der Waals surface area contributed by atoms with E-state index in [2.05, 4.69) is 5.32 Å². The summed E-state index contributed by atoms with van der Waals surface area (Å²) in [6, 6.07) is 12.7. The molecule has 0 aromatic heterocycles. The van der Waals surface area contributed by atoms with Crippen molar-refractivity contribution >= 4 is 33.4 Å². The van der Waals surface area contributed by atoms with E-state index >= 15 is 0 Å². The maximum absolute atomic E-state index is 12.7. The molecule has 1 N–H and O–H groups in total. The summed E-state index contributed by atoms with van der Waals surface area (Å²) in [7, 11) is -2.00. The average molecular weight is 437 g/mol. The van der Waals surface area contributed by atoms with Crippen molar-refractivity contribution < 1.29 is 17.9 Å². The third-order valence-electron chi connectivity index (χ3n) is 4.59. The lowest BCUT2D eigenvalue weighted by atomic mass is 10.0. The molecular weight excluding hydrogens is 408 g/mol. The minimum atomic E-state index is -3.61. The highest BCUT2D eigenvalue weighted by molar-refractivity contribution is 7.98. The molecule has 1 unspecified atom stereocenters. The number of anilines is 1. The van der Waals surface area contributed by atoms with Crippen molar-refractivity contribution in [1.29, 1.82) is 0 Å². The van der Waals surface area contributed by atoms with E-state index in [0.29, 0.717) is 12.1 Å². The predicted molar refractivity (Wildman–Crippen MR) is 119 cm³/mol. The molecule has 0 spiro atoms. The van der Waals surface area contributed by atoms with Gasteiger partial charge < -0.3 is 10.1 Å². The molecule has 0 heterocycles. The summed E-state index contributed by atoms with van der Waals surface area (Å²) in [4.78, 5) is 13.7. The summed E-state index contributed by atoms with van der Waals surface area (Å²) in [6.45, 7) is 3.64. The Labute approximate surface area is 177 Å². The van der Waals surface area contributed by atoms with Gasteiger partial charge in [-0.2, -0.15) is 0 Å². The molecule has 0 aliphatic carbocycles. The van der Waals surface area contributed by atoms with Gasteiger partial charge in [-0.05, 0) is 55.0 Å². The predicted octanol–water partition coefficient (Wildman–Crippen LogP) is 3.76. The average Bonchev–Trinajstić information content (AvgIpc) is 2.69. The van der Waals surface area contributed by atoms with Crippen LogP contribution in [0.1, 0.15) is 30.5 Å². The quantitative estimate of drug-likeness (QED) is 0.606. The van der Waals surface area contributed by atoms with Crippen LogP contribution in [0.25, 0.3) is 0 Å². The second-order valence-electron chi connectivity index (χ2n) is 6.73. The molecule has 2 aromatic rings. The van der Waals surface area contributed by atoms with E-state index in [1.54, 1.807) is 25.3 Å². The van der Waals surface area contributed by atoms with Gasteiger partial charge in [-0.25, -0.2) is 8.42 Å². The topological polar surface area (TPSA) is 75.7 Å². The first-order valence-electron chi connectivity index (χ1n) is 9.25. The standard InChI is InChI=1S/C21H28N2O4S2/c1-6-19(16-10-11-20(27-3)15(2)12-16)22-21(24)14-23(29(5,25)26)17-8-7-9-18(13-17)28-4/h7-13,19H,6,14H2,1-5H3,(H,22,24).